The third kappa shape index (κ3) is 7.14. The topological polar surface area (TPSA) is 69.6 Å². The fraction of sp³-hybridized carbons (Fsp3) is 0.846. The minimum absolute atomic E-state index is 0.00573. The van der Waals surface area contributed by atoms with Crippen LogP contribution < -0.4 is 5.32 Å². The third-order valence-electron chi connectivity index (χ3n) is 2.50. The fourth-order valence-corrected chi connectivity index (χ4v) is 1.71. The zero-order valence-electron chi connectivity index (χ0n) is 12.1. The van der Waals surface area contributed by atoms with Crippen LogP contribution in [0.1, 0.15) is 47.0 Å². The van der Waals surface area contributed by atoms with Gasteiger partial charge in [-0.3, -0.25) is 0 Å². The summed E-state index contributed by atoms with van der Waals surface area (Å²) in [6, 6.07) is -1.12. The Bertz CT molecular complexity index is 284. The maximum absolute atomic E-state index is 11.9. The van der Waals surface area contributed by atoms with Crippen molar-refractivity contribution in [3.05, 3.63) is 0 Å². The standard InChI is InChI=1S/C13H26N2O3/c1-6-7-8-10(11(16)17)14-12(18)15(5)9-13(2,3)4/h10H,6-9H2,1-5H3,(H,14,18)(H,16,17)/t10-/m0/s1. The van der Waals surface area contributed by atoms with Crippen LogP contribution in [0.2, 0.25) is 0 Å². The molecule has 0 fully saturated rings. The Morgan fingerprint density at radius 3 is 2.28 bits per heavy atom. The molecule has 0 saturated carbocycles. The molecule has 5 heteroatoms. The summed E-state index contributed by atoms with van der Waals surface area (Å²) < 4.78 is 0. The molecular weight excluding hydrogens is 232 g/mol. The Morgan fingerprint density at radius 2 is 1.89 bits per heavy atom. The molecule has 106 valence electrons. The van der Waals surface area contributed by atoms with Gasteiger partial charge in [-0.1, -0.05) is 40.5 Å². The van der Waals surface area contributed by atoms with Crippen molar-refractivity contribution in [2.75, 3.05) is 13.6 Å². The van der Waals surface area contributed by atoms with Crippen molar-refractivity contribution in [2.24, 2.45) is 5.41 Å². The molecule has 0 aromatic heterocycles. The Balaban J connectivity index is 4.36. The van der Waals surface area contributed by atoms with Crippen molar-refractivity contribution in [3.63, 3.8) is 0 Å². The number of rotatable bonds is 6. The van der Waals surface area contributed by atoms with Crippen LogP contribution in [0.3, 0.4) is 0 Å². The monoisotopic (exact) mass is 258 g/mol. The summed E-state index contributed by atoms with van der Waals surface area (Å²) in [6.07, 6.45) is 2.18. The average Bonchev–Trinajstić information content (AvgIpc) is 2.20. The lowest BCUT2D eigenvalue weighted by Gasteiger charge is -2.28. The van der Waals surface area contributed by atoms with Gasteiger partial charge in [0.1, 0.15) is 6.04 Å². The molecule has 1 atom stereocenters. The highest BCUT2D eigenvalue weighted by atomic mass is 16.4. The van der Waals surface area contributed by atoms with Crippen LogP contribution in [0.25, 0.3) is 0 Å². The number of aliphatic carboxylic acids is 1. The first-order valence-corrected chi connectivity index (χ1v) is 6.42. The molecule has 2 N–H and O–H groups in total. The number of carbonyl (C=O) groups excluding carboxylic acids is 1. The van der Waals surface area contributed by atoms with Gasteiger partial charge in [-0.25, -0.2) is 9.59 Å². The van der Waals surface area contributed by atoms with E-state index in [-0.39, 0.29) is 11.4 Å². The summed E-state index contributed by atoms with van der Waals surface area (Å²) in [5, 5.41) is 11.6. The lowest BCUT2D eigenvalue weighted by molar-refractivity contribution is -0.139. The number of hydrogen-bond donors (Lipinski definition) is 2. The molecule has 5 nitrogen and oxygen atoms in total. The molecular formula is C13H26N2O3. The second kappa shape index (κ2) is 7.24. The van der Waals surface area contributed by atoms with Crippen LogP contribution >= 0.6 is 0 Å². The van der Waals surface area contributed by atoms with E-state index < -0.39 is 12.0 Å². The van der Waals surface area contributed by atoms with Gasteiger partial charge in [-0.15, -0.1) is 0 Å². The molecule has 0 aliphatic carbocycles. The Kier molecular flexibility index (Phi) is 6.73. The molecule has 0 aromatic rings. The largest absolute Gasteiger partial charge is 0.480 e. The van der Waals surface area contributed by atoms with E-state index >= 15 is 0 Å². The number of nitrogens with one attached hydrogen (secondary N) is 1. The van der Waals surface area contributed by atoms with Crippen LogP contribution in [0.15, 0.2) is 0 Å². The van der Waals surface area contributed by atoms with Crippen LogP contribution in [-0.2, 0) is 4.79 Å². The summed E-state index contributed by atoms with van der Waals surface area (Å²) >= 11 is 0. The van der Waals surface area contributed by atoms with Crippen molar-refractivity contribution < 1.29 is 14.7 Å². The number of carbonyl (C=O) groups is 2. The number of carboxylic acid groups (broad SMARTS) is 1. The Morgan fingerprint density at radius 1 is 1.33 bits per heavy atom. The van der Waals surface area contributed by atoms with Gasteiger partial charge in [0.15, 0.2) is 0 Å². The SMILES string of the molecule is CCCC[C@H](NC(=O)N(C)CC(C)(C)C)C(=O)O. The van der Waals surface area contributed by atoms with Gasteiger partial charge >= 0.3 is 12.0 Å². The molecule has 0 unspecified atom stereocenters. The van der Waals surface area contributed by atoms with E-state index in [0.29, 0.717) is 13.0 Å². The molecule has 0 heterocycles. The van der Waals surface area contributed by atoms with Crippen molar-refractivity contribution >= 4 is 12.0 Å². The lowest BCUT2D eigenvalue weighted by Crippen LogP contribution is -2.48. The number of unbranched alkanes of at least 4 members (excludes halogenated alkanes) is 1. The van der Waals surface area contributed by atoms with Crippen LogP contribution in [-0.4, -0.2) is 41.6 Å². The molecule has 0 radical (unpaired) electrons. The van der Waals surface area contributed by atoms with Gasteiger partial charge in [-0.2, -0.15) is 0 Å². The maximum atomic E-state index is 11.9. The maximum Gasteiger partial charge on any atom is 0.326 e. The Labute approximate surface area is 110 Å². The van der Waals surface area contributed by atoms with Gasteiger partial charge in [0.2, 0.25) is 0 Å². The van der Waals surface area contributed by atoms with E-state index in [2.05, 4.69) is 5.32 Å². The van der Waals surface area contributed by atoms with Crippen LogP contribution in [0.5, 0.6) is 0 Å². The highest BCUT2D eigenvalue weighted by Gasteiger charge is 2.23. The van der Waals surface area contributed by atoms with E-state index in [4.69, 9.17) is 5.11 Å². The zero-order valence-corrected chi connectivity index (χ0v) is 12.1. The van der Waals surface area contributed by atoms with Gasteiger partial charge < -0.3 is 15.3 Å². The predicted molar refractivity (Wildman–Crippen MR) is 71.6 cm³/mol. The van der Waals surface area contributed by atoms with Crippen molar-refractivity contribution in [1.82, 2.24) is 10.2 Å². The average molecular weight is 258 g/mol. The number of carboxylic acids is 1. The van der Waals surface area contributed by atoms with E-state index in [1.807, 2.05) is 27.7 Å². The molecule has 0 rings (SSSR count). The Hall–Kier alpha value is -1.26. The fourth-order valence-electron chi connectivity index (χ4n) is 1.71. The van der Waals surface area contributed by atoms with Gasteiger partial charge in [0, 0.05) is 13.6 Å². The highest BCUT2D eigenvalue weighted by molar-refractivity contribution is 5.82. The van der Waals surface area contributed by atoms with E-state index in [9.17, 15) is 9.59 Å². The quantitative estimate of drug-likeness (QED) is 0.768. The van der Waals surface area contributed by atoms with Crippen LogP contribution in [0, 0.1) is 5.41 Å². The second-order valence-corrected chi connectivity index (χ2v) is 5.90. The van der Waals surface area contributed by atoms with Crippen LogP contribution in [0.4, 0.5) is 4.79 Å². The van der Waals surface area contributed by atoms with Crippen molar-refractivity contribution in [3.8, 4) is 0 Å². The summed E-state index contributed by atoms with van der Waals surface area (Å²) in [4.78, 5) is 24.4. The molecule has 0 aromatic carbocycles. The zero-order chi connectivity index (χ0) is 14.3. The smallest absolute Gasteiger partial charge is 0.326 e. The number of urea groups is 1. The first kappa shape index (κ1) is 16.7. The minimum atomic E-state index is -0.971. The molecule has 18 heavy (non-hydrogen) atoms. The number of hydrogen-bond acceptors (Lipinski definition) is 2. The first-order chi connectivity index (χ1) is 8.17. The molecule has 0 aliphatic heterocycles. The number of nitrogens with zero attached hydrogens (tertiary/aromatic N) is 1. The summed E-state index contributed by atoms with van der Waals surface area (Å²) in [5.74, 6) is -0.971. The van der Waals surface area contributed by atoms with E-state index in [1.165, 1.54) is 4.90 Å². The van der Waals surface area contributed by atoms with Crippen molar-refractivity contribution in [2.45, 2.75) is 53.0 Å². The molecule has 0 aliphatic rings. The second-order valence-electron chi connectivity index (χ2n) is 5.90. The van der Waals surface area contributed by atoms with Gasteiger partial charge in [-0.05, 0) is 11.8 Å². The summed E-state index contributed by atoms with van der Waals surface area (Å²) in [5.41, 5.74) is -0.00573. The number of amides is 2. The molecule has 0 spiro atoms. The first-order valence-electron chi connectivity index (χ1n) is 6.42. The lowest BCUT2D eigenvalue weighted by atomic mass is 9.96. The normalized spacial score (nSPS) is 12.9. The van der Waals surface area contributed by atoms with Gasteiger partial charge in [0.25, 0.3) is 0 Å². The van der Waals surface area contributed by atoms with E-state index in [0.717, 1.165) is 12.8 Å². The summed E-state index contributed by atoms with van der Waals surface area (Å²) in [6.45, 7) is 8.67. The third-order valence-corrected chi connectivity index (χ3v) is 2.50. The highest BCUT2D eigenvalue weighted by Crippen LogP contribution is 2.14. The molecule has 0 bridgehead atoms. The molecule has 0 saturated heterocycles. The predicted octanol–water partition coefficient (Wildman–Crippen LogP) is 2.32. The molecule has 2 amide bonds. The minimum Gasteiger partial charge on any atom is -0.480 e. The summed E-state index contributed by atoms with van der Waals surface area (Å²) in [7, 11) is 1.68. The van der Waals surface area contributed by atoms with E-state index in [1.54, 1.807) is 7.05 Å². The van der Waals surface area contributed by atoms with Crippen molar-refractivity contribution in [1.29, 1.82) is 0 Å². The van der Waals surface area contributed by atoms with Gasteiger partial charge in [0.05, 0.1) is 0 Å².